The Balaban J connectivity index is 2.30. The fourth-order valence-corrected chi connectivity index (χ4v) is 1.47. The second-order valence-electron chi connectivity index (χ2n) is 4.30. The van der Waals surface area contributed by atoms with Crippen LogP contribution >= 0.6 is 0 Å². The van der Waals surface area contributed by atoms with E-state index in [2.05, 4.69) is 14.9 Å². The van der Waals surface area contributed by atoms with Gasteiger partial charge < -0.3 is 15.0 Å². The minimum atomic E-state index is -4.31. The molecule has 0 aromatic carbocycles. The van der Waals surface area contributed by atoms with E-state index in [9.17, 15) is 13.2 Å². The number of alkyl halides is 3. The topological polar surface area (TPSA) is 74.2 Å². The number of nitrogens with zero attached hydrogens (tertiary/aromatic N) is 2. The summed E-state index contributed by atoms with van der Waals surface area (Å²) >= 11 is 0. The molecule has 1 atom stereocenters. The van der Waals surface area contributed by atoms with E-state index >= 15 is 0 Å². The van der Waals surface area contributed by atoms with Gasteiger partial charge in [-0.3, -0.25) is 0 Å². The Morgan fingerprint density at radius 2 is 2.16 bits per heavy atom. The fourth-order valence-electron chi connectivity index (χ4n) is 1.47. The van der Waals surface area contributed by atoms with Crippen molar-refractivity contribution in [3.8, 4) is 0 Å². The van der Waals surface area contributed by atoms with Crippen LogP contribution in [0.5, 0.6) is 0 Å². The van der Waals surface area contributed by atoms with E-state index in [1.165, 1.54) is 0 Å². The Hall–Kier alpha value is -1.15. The van der Waals surface area contributed by atoms with Crippen molar-refractivity contribution in [2.24, 2.45) is 5.73 Å². The van der Waals surface area contributed by atoms with Gasteiger partial charge >= 0.3 is 6.18 Å². The fraction of sp³-hybridized carbons (Fsp3) is 0.818. The van der Waals surface area contributed by atoms with E-state index in [4.69, 9.17) is 10.3 Å². The van der Waals surface area contributed by atoms with Crippen molar-refractivity contribution in [1.82, 2.24) is 10.1 Å². The summed E-state index contributed by atoms with van der Waals surface area (Å²) in [5.74, 6) is 0.942. The van der Waals surface area contributed by atoms with E-state index < -0.39 is 12.8 Å². The molecule has 2 N–H and O–H groups in total. The van der Waals surface area contributed by atoms with Crippen LogP contribution in [-0.2, 0) is 11.2 Å². The molecule has 0 radical (unpaired) electrons. The second-order valence-corrected chi connectivity index (χ2v) is 4.30. The lowest BCUT2D eigenvalue weighted by molar-refractivity contribution is -0.173. The van der Waals surface area contributed by atoms with Gasteiger partial charge in [-0.15, -0.1) is 0 Å². The van der Waals surface area contributed by atoms with E-state index in [0.29, 0.717) is 18.3 Å². The molecule has 5 nitrogen and oxygen atoms in total. The zero-order valence-electron chi connectivity index (χ0n) is 10.7. The summed E-state index contributed by atoms with van der Waals surface area (Å²) in [4.78, 5) is 4.12. The molecular weight excluding hydrogens is 263 g/mol. The quantitative estimate of drug-likeness (QED) is 0.738. The van der Waals surface area contributed by atoms with Gasteiger partial charge in [0, 0.05) is 12.3 Å². The van der Waals surface area contributed by atoms with Crippen molar-refractivity contribution in [2.75, 3.05) is 19.8 Å². The average molecular weight is 281 g/mol. The molecule has 8 heteroatoms. The molecule has 0 aliphatic rings. The minimum Gasteiger partial charge on any atom is -0.372 e. The van der Waals surface area contributed by atoms with Gasteiger partial charge in [-0.25, -0.2) is 0 Å². The number of ether oxygens (including phenoxy) is 1. The zero-order chi connectivity index (χ0) is 14.3. The van der Waals surface area contributed by atoms with Gasteiger partial charge in [-0.05, 0) is 19.4 Å². The summed E-state index contributed by atoms with van der Waals surface area (Å²) < 4.78 is 45.0. The van der Waals surface area contributed by atoms with Crippen molar-refractivity contribution in [3.63, 3.8) is 0 Å². The van der Waals surface area contributed by atoms with Gasteiger partial charge in [0.1, 0.15) is 6.61 Å². The first kappa shape index (κ1) is 15.9. The second kappa shape index (κ2) is 7.44. The van der Waals surface area contributed by atoms with Crippen LogP contribution in [0, 0.1) is 0 Å². The molecule has 0 saturated heterocycles. The summed E-state index contributed by atoms with van der Waals surface area (Å²) in [7, 11) is 0. The van der Waals surface area contributed by atoms with Crippen LogP contribution in [0.2, 0.25) is 0 Å². The van der Waals surface area contributed by atoms with Crippen molar-refractivity contribution in [3.05, 3.63) is 11.7 Å². The van der Waals surface area contributed by atoms with E-state index in [1.54, 1.807) is 0 Å². The van der Waals surface area contributed by atoms with Crippen LogP contribution in [0.25, 0.3) is 0 Å². The number of hydrogen-bond donors (Lipinski definition) is 1. The van der Waals surface area contributed by atoms with Crippen LogP contribution < -0.4 is 5.73 Å². The average Bonchev–Trinajstić information content (AvgIpc) is 2.79. The first-order valence-electron chi connectivity index (χ1n) is 6.09. The Labute approximate surface area is 109 Å². The monoisotopic (exact) mass is 281 g/mol. The molecule has 1 heterocycles. The van der Waals surface area contributed by atoms with Crippen LogP contribution in [0.4, 0.5) is 13.2 Å². The lowest BCUT2D eigenvalue weighted by atomic mass is 10.1. The van der Waals surface area contributed by atoms with Gasteiger partial charge in [-0.2, -0.15) is 18.2 Å². The maximum Gasteiger partial charge on any atom is 0.411 e. The van der Waals surface area contributed by atoms with Gasteiger partial charge in [0.15, 0.2) is 5.82 Å². The summed E-state index contributed by atoms with van der Waals surface area (Å²) in [5.41, 5.74) is 5.40. The summed E-state index contributed by atoms with van der Waals surface area (Å²) in [6, 6.07) is 0. The Kier molecular flexibility index (Phi) is 6.23. The molecule has 0 saturated carbocycles. The molecule has 1 aromatic rings. The van der Waals surface area contributed by atoms with Crippen molar-refractivity contribution in [2.45, 2.75) is 38.3 Å². The normalized spacial score (nSPS) is 13.7. The molecule has 0 amide bonds. The molecule has 0 aliphatic carbocycles. The van der Waals surface area contributed by atoms with Gasteiger partial charge in [-0.1, -0.05) is 12.1 Å². The predicted molar refractivity (Wildman–Crippen MR) is 61.6 cm³/mol. The summed E-state index contributed by atoms with van der Waals surface area (Å²) in [6.07, 6.45) is -2.42. The first-order chi connectivity index (χ1) is 8.92. The highest BCUT2D eigenvalue weighted by Gasteiger charge is 2.27. The summed E-state index contributed by atoms with van der Waals surface area (Å²) in [6.45, 7) is 1.18. The highest BCUT2D eigenvalue weighted by molar-refractivity contribution is 4.92. The van der Waals surface area contributed by atoms with Crippen LogP contribution in [-0.4, -0.2) is 36.1 Å². The molecular formula is C11H18F3N3O2. The van der Waals surface area contributed by atoms with Gasteiger partial charge in [0.25, 0.3) is 0 Å². The molecule has 1 aromatic heterocycles. The smallest absolute Gasteiger partial charge is 0.372 e. The SMILES string of the molecule is CC(CCCN)c1nc(CCOCC(F)(F)F)no1. The Morgan fingerprint density at radius 3 is 2.79 bits per heavy atom. The summed E-state index contributed by atoms with van der Waals surface area (Å²) in [5, 5.41) is 3.70. The number of aromatic nitrogens is 2. The highest BCUT2D eigenvalue weighted by Crippen LogP contribution is 2.18. The largest absolute Gasteiger partial charge is 0.411 e. The van der Waals surface area contributed by atoms with E-state index in [0.717, 1.165) is 12.8 Å². The zero-order valence-corrected chi connectivity index (χ0v) is 10.7. The maximum atomic E-state index is 11.8. The van der Waals surface area contributed by atoms with Gasteiger partial charge in [0.05, 0.1) is 6.61 Å². The first-order valence-corrected chi connectivity index (χ1v) is 6.09. The van der Waals surface area contributed by atoms with Crippen molar-refractivity contribution in [1.29, 1.82) is 0 Å². The van der Waals surface area contributed by atoms with Crippen LogP contribution in [0.3, 0.4) is 0 Å². The lowest BCUT2D eigenvalue weighted by Crippen LogP contribution is -2.18. The van der Waals surface area contributed by atoms with E-state index in [1.807, 2.05) is 6.92 Å². The Bertz CT molecular complexity index is 368. The van der Waals surface area contributed by atoms with Crippen molar-refractivity contribution >= 4 is 0 Å². The number of nitrogens with two attached hydrogens (primary N) is 1. The number of rotatable bonds is 8. The lowest BCUT2D eigenvalue weighted by Gasteiger charge is -2.05. The third-order valence-electron chi connectivity index (χ3n) is 2.48. The highest BCUT2D eigenvalue weighted by atomic mass is 19.4. The number of halogens is 3. The molecule has 1 unspecified atom stereocenters. The molecule has 0 spiro atoms. The molecule has 1 rings (SSSR count). The van der Waals surface area contributed by atoms with Crippen molar-refractivity contribution < 1.29 is 22.4 Å². The number of hydrogen-bond acceptors (Lipinski definition) is 5. The standard InChI is InChI=1S/C11H18F3N3O2/c1-8(3-2-5-15)10-16-9(17-19-10)4-6-18-7-11(12,13)14/h8H,2-7,15H2,1H3. The molecule has 0 aliphatic heterocycles. The molecule has 19 heavy (non-hydrogen) atoms. The van der Waals surface area contributed by atoms with E-state index in [-0.39, 0.29) is 18.9 Å². The molecule has 0 bridgehead atoms. The van der Waals surface area contributed by atoms with Crippen LogP contribution in [0.1, 0.15) is 37.4 Å². The molecule has 110 valence electrons. The third-order valence-corrected chi connectivity index (χ3v) is 2.48. The Morgan fingerprint density at radius 1 is 1.42 bits per heavy atom. The van der Waals surface area contributed by atoms with Crippen LogP contribution in [0.15, 0.2) is 4.52 Å². The third kappa shape index (κ3) is 6.53. The van der Waals surface area contributed by atoms with Gasteiger partial charge in [0.2, 0.25) is 5.89 Å². The molecule has 0 fully saturated rings. The minimum absolute atomic E-state index is 0.0876. The predicted octanol–water partition coefficient (Wildman–Crippen LogP) is 2.03. The maximum absolute atomic E-state index is 11.8.